The van der Waals surface area contributed by atoms with E-state index in [0.29, 0.717) is 118 Å². The molecule has 0 amide bonds. The van der Waals surface area contributed by atoms with Crippen molar-refractivity contribution in [2.24, 2.45) is 71.0 Å². The lowest BCUT2D eigenvalue weighted by atomic mass is 9.67. The number of H-pyrrole nitrogens is 2. The fourth-order valence-corrected chi connectivity index (χ4v) is 17.1. The van der Waals surface area contributed by atoms with Gasteiger partial charge >= 0.3 is 0 Å². The molecule has 3 aromatic heterocycles. The summed E-state index contributed by atoms with van der Waals surface area (Å²) in [6, 6.07) is 28.6. The van der Waals surface area contributed by atoms with Gasteiger partial charge in [0.1, 0.15) is 22.6 Å². The molecular formula is C72H90N8. The molecule has 4 aliphatic carbocycles. The van der Waals surface area contributed by atoms with Crippen molar-refractivity contribution in [2.75, 3.05) is 0 Å². The van der Waals surface area contributed by atoms with Gasteiger partial charge in [0.15, 0.2) is 23.3 Å². The fraction of sp³-hybridized carbons (Fsp3) is 0.556. The summed E-state index contributed by atoms with van der Waals surface area (Å²) in [4.78, 5) is 41.4. The lowest BCUT2D eigenvalue weighted by Crippen LogP contribution is -2.26. The number of aromatic nitrogens is 8. The molecule has 8 bridgehead atoms. The van der Waals surface area contributed by atoms with E-state index in [4.69, 9.17) is 29.9 Å². The van der Waals surface area contributed by atoms with E-state index in [1.54, 1.807) is 0 Å². The monoisotopic (exact) mass is 1070 g/mol. The van der Waals surface area contributed by atoms with Crippen molar-refractivity contribution in [1.82, 2.24) is 39.9 Å². The summed E-state index contributed by atoms with van der Waals surface area (Å²) < 4.78 is 0. The van der Waals surface area contributed by atoms with Crippen LogP contribution in [0.15, 0.2) is 72.8 Å². The van der Waals surface area contributed by atoms with Crippen LogP contribution in [0.4, 0.5) is 0 Å². The Morgan fingerprint density at radius 3 is 0.900 bits per heavy atom. The molecule has 8 heteroatoms. The third-order valence-corrected chi connectivity index (χ3v) is 21.7. The molecule has 4 aromatic carbocycles. The number of nitrogens with one attached hydrogen (secondary N) is 2. The zero-order valence-corrected chi connectivity index (χ0v) is 50.3. The summed E-state index contributed by atoms with van der Waals surface area (Å²) in [6.07, 6.45) is 15.0. The Kier molecular flexibility index (Phi) is 14.2. The van der Waals surface area contributed by atoms with Crippen molar-refractivity contribution < 1.29 is 0 Å². The van der Waals surface area contributed by atoms with E-state index in [0.717, 1.165) is 66.4 Å². The number of aromatic amines is 2. The van der Waals surface area contributed by atoms with Gasteiger partial charge in [-0.25, -0.2) is 29.9 Å². The van der Waals surface area contributed by atoms with Crippen molar-refractivity contribution >= 4 is 44.1 Å². The van der Waals surface area contributed by atoms with E-state index in [2.05, 4.69) is 166 Å². The highest BCUT2D eigenvalue weighted by atomic mass is 15.1. The first-order valence-corrected chi connectivity index (χ1v) is 31.9. The molecule has 0 spiro atoms. The zero-order chi connectivity index (χ0) is 55.4. The molecular weight excluding hydrogens is 977 g/mol. The Bertz CT molecular complexity index is 3410. The molecule has 12 unspecified atom stereocenters. The standard InChI is InChI=1S/C72H90N8/c1-37(2)49-21-13-41(9)29-57(49)45-17-25-53-61(33-45)69-73-65(53)78-70-63-35-47(59-31-43(11)15-23-51(59)39(5)6)19-27-55(63)67(75-70)80-72-64-36-48(60-32-44(12)16-24-52(60)40(7)8)20-28-56(64)68(76-72)79-71-62-34-46(18-26-54(62)66(74-71)77-69)58-30-42(10)14-22-50(58)38(3)4/h17-20,25-28,33-44,49-52,57-60H,13-16,21-24,29-32H2,1-12H3,(H2,73,74,75,76,77,78,79,80). The summed E-state index contributed by atoms with van der Waals surface area (Å²) >= 11 is 0. The van der Waals surface area contributed by atoms with Gasteiger partial charge in [0.25, 0.3) is 0 Å². The second-order valence-corrected chi connectivity index (χ2v) is 28.6. The first-order chi connectivity index (χ1) is 38.5. The third-order valence-electron chi connectivity index (χ3n) is 21.7. The van der Waals surface area contributed by atoms with Crippen LogP contribution in [-0.2, 0) is 0 Å². The second kappa shape index (κ2) is 21.2. The van der Waals surface area contributed by atoms with E-state index >= 15 is 0 Å². The summed E-state index contributed by atoms with van der Waals surface area (Å²) in [7, 11) is 0. The smallest absolute Gasteiger partial charge is 0.164 e. The van der Waals surface area contributed by atoms with E-state index in [1.807, 2.05) is 0 Å². The van der Waals surface area contributed by atoms with Crippen molar-refractivity contribution in [2.45, 2.75) is 184 Å². The highest BCUT2D eigenvalue weighted by Crippen LogP contribution is 2.51. The van der Waals surface area contributed by atoms with Crippen molar-refractivity contribution in [3.63, 3.8) is 0 Å². The lowest BCUT2D eigenvalue weighted by molar-refractivity contribution is 0.197. The van der Waals surface area contributed by atoms with Gasteiger partial charge < -0.3 is 9.97 Å². The van der Waals surface area contributed by atoms with Crippen molar-refractivity contribution in [3.8, 4) is 45.6 Å². The topological polar surface area (TPSA) is 109 Å². The predicted molar refractivity (Wildman–Crippen MR) is 332 cm³/mol. The Balaban J connectivity index is 1.09. The molecule has 12 atom stereocenters. The molecule has 8 nitrogen and oxygen atoms in total. The Morgan fingerprint density at radius 2 is 0.588 bits per heavy atom. The molecule has 0 radical (unpaired) electrons. The van der Waals surface area contributed by atoms with Gasteiger partial charge in [-0.05, 0) is 193 Å². The molecule has 4 fully saturated rings. The van der Waals surface area contributed by atoms with Gasteiger partial charge in [-0.1, -0.05) is 157 Å². The van der Waals surface area contributed by atoms with Gasteiger partial charge in [0.2, 0.25) is 0 Å². The van der Waals surface area contributed by atoms with E-state index in [1.165, 1.54) is 99.3 Å². The van der Waals surface area contributed by atoms with Gasteiger partial charge in [-0.3, -0.25) is 0 Å². The number of nitrogens with zero attached hydrogens (tertiary/aromatic N) is 6. The highest BCUT2D eigenvalue weighted by molar-refractivity contribution is 6.07. The van der Waals surface area contributed by atoms with E-state index in [-0.39, 0.29) is 0 Å². The maximum absolute atomic E-state index is 5.67. The van der Waals surface area contributed by atoms with Crippen LogP contribution in [0.25, 0.3) is 89.7 Å². The largest absolute Gasteiger partial charge is 0.324 e. The van der Waals surface area contributed by atoms with E-state index < -0.39 is 0 Å². The van der Waals surface area contributed by atoms with Gasteiger partial charge in [-0.15, -0.1) is 0 Å². The minimum Gasteiger partial charge on any atom is -0.324 e. The first-order valence-electron chi connectivity index (χ1n) is 31.9. The van der Waals surface area contributed by atoms with Crippen LogP contribution >= 0.6 is 0 Å². The fourth-order valence-electron chi connectivity index (χ4n) is 17.1. The number of hydrogen-bond donors (Lipinski definition) is 2. The normalized spacial score (nSPS) is 28.1. The Morgan fingerprint density at radius 1 is 0.312 bits per heavy atom. The summed E-state index contributed by atoms with van der Waals surface area (Å²) in [5, 5.41) is 4.25. The Hall–Kier alpha value is -5.76. The first kappa shape index (κ1) is 53.5. The van der Waals surface area contributed by atoms with Crippen LogP contribution in [0.3, 0.4) is 0 Å². The third kappa shape index (κ3) is 9.72. The second-order valence-electron chi connectivity index (χ2n) is 28.6. The molecule has 6 aliphatic rings. The molecule has 418 valence electrons. The molecule has 80 heavy (non-hydrogen) atoms. The SMILES string of the molecule is CC1CCC(C(C)C)C(c2ccc3c(c2)-c2nc-3nc3[nH]c(nc4nc(nc5[nH]c(n2)c2ccc(C6CC(C)CCC6C(C)C)cc52)-c2ccc(C5CC(C)CCC5C(C)C)cc2-4)c2ccc(C4CC(C)CCC4C(C)C)cc32)C1. The quantitative estimate of drug-likeness (QED) is 0.157. The number of rotatable bonds is 8. The van der Waals surface area contributed by atoms with Gasteiger partial charge in [0.05, 0.1) is 0 Å². The predicted octanol–water partition coefficient (Wildman–Crippen LogP) is 19.6. The number of fused-ring (bicyclic) bond motifs is 20. The average Bonchev–Trinajstić information content (AvgIpc) is 4.19. The Labute approximate surface area is 477 Å². The minimum atomic E-state index is 0.475. The molecule has 5 heterocycles. The zero-order valence-electron chi connectivity index (χ0n) is 50.3. The van der Waals surface area contributed by atoms with Crippen LogP contribution in [0.2, 0.25) is 0 Å². The minimum absolute atomic E-state index is 0.475. The van der Waals surface area contributed by atoms with E-state index in [9.17, 15) is 0 Å². The molecule has 2 N–H and O–H groups in total. The maximum Gasteiger partial charge on any atom is 0.164 e. The van der Waals surface area contributed by atoms with Crippen LogP contribution in [0.5, 0.6) is 0 Å². The summed E-state index contributed by atoms with van der Waals surface area (Å²) in [5.74, 6) is 12.3. The number of hydrogen-bond acceptors (Lipinski definition) is 6. The van der Waals surface area contributed by atoms with Gasteiger partial charge in [-0.2, -0.15) is 0 Å². The van der Waals surface area contributed by atoms with Crippen LogP contribution in [0.1, 0.15) is 206 Å². The summed E-state index contributed by atoms with van der Waals surface area (Å²) in [5.41, 5.74) is 12.8. The van der Waals surface area contributed by atoms with Crippen LogP contribution < -0.4 is 0 Å². The average molecular weight is 1070 g/mol. The molecule has 0 saturated heterocycles. The van der Waals surface area contributed by atoms with Crippen LogP contribution in [0, 0.1) is 71.0 Å². The maximum atomic E-state index is 5.67. The van der Waals surface area contributed by atoms with Crippen LogP contribution in [-0.4, -0.2) is 39.9 Å². The molecule has 2 aliphatic heterocycles. The van der Waals surface area contributed by atoms with Crippen molar-refractivity contribution in [3.05, 3.63) is 95.1 Å². The molecule has 7 aromatic rings. The molecule has 13 rings (SSSR count). The van der Waals surface area contributed by atoms with Crippen molar-refractivity contribution in [1.29, 1.82) is 0 Å². The molecule has 4 saturated carbocycles. The number of benzene rings is 4. The summed E-state index contributed by atoms with van der Waals surface area (Å²) in [6.45, 7) is 29.1. The highest BCUT2D eigenvalue weighted by Gasteiger charge is 2.37. The van der Waals surface area contributed by atoms with Gasteiger partial charge in [0, 0.05) is 43.8 Å². The lowest BCUT2D eigenvalue weighted by Gasteiger charge is -2.38.